The van der Waals surface area contributed by atoms with Crippen molar-refractivity contribution in [1.29, 1.82) is 0 Å². The molecule has 0 saturated heterocycles. The number of aromatic nitrogens is 1. The van der Waals surface area contributed by atoms with E-state index in [1.165, 1.54) is 0 Å². The standard InChI is InChI=1S/C5H5B2NO/c6-7-8-3-1-2-5(8)4-9-7/h1-3H,4H2. The van der Waals surface area contributed by atoms with Crippen LogP contribution in [0.1, 0.15) is 5.69 Å². The molecule has 0 unspecified atom stereocenters. The van der Waals surface area contributed by atoms with Gasteiger partial charge >= 0.3 is 6.94 Å². The zero-order valence-electron chi connectivity index (χ0n) is 4.95. The fourth-order valence-electron chi connectivity index (χ4n) is 1.05. The molecule has 2 radical (unpaired) electrons. The van der Waals surface area contributed by atoms with Crippen molar-refractivity contribution in [2.75, 3.05) is 0 Å². The van der Waals surface area contributed by atoms with E-state index >= 15 is 0 Å². The smallest absolute Gasteiger partial charge is 0.352 e. The number of rotatable bonds is 0. The molecule has 0 fully saturated rings. The molecular formula is C5H5B2NO. The van der Waals surface area contributed by atoms with Crippen LogP contribution in [0, 0.1) is 0 Å². The van der Waals surface area contributed by atoms with E-state index in [-0.39, 0.29) is 6.94 Å². The maximum atomic E-state index is 5.53. The van der Waals surface area contributed by atoms with Crippen LogP contribution in [0.5, 0.6) is 0 Å². The first-order valence-corrected chi connectivity index (χ1v) is 2.91. The van der Waals surface area contributed by atoms with Gasteiger partial charge in [0.2, 0.25) is 0 Å². The average Bonchev–Trinajstić information content (AvgIpc) is 2.35. The minimum absolute atomic E-state index is 0.255. The fourth-order valence-corrected chi connectivity index (χ4v) is 1.05. The normalized spacial score (nSPS) is 16.2. The summed E-state index contributed by atoms with van der Waals surface area (Å²) in [6.45, 7) is 0.392. The number of nitrogens with zero attached hydrogens (tertiary/aromatic N) is 1. The second kappa shape index (κ2) is 1.67. The Morgan fingerprint density at radius 3 is 3.44 bits per heavy atom. The van der Waals surface area contributed by atoms with Gasteiger partial charge < -0.3 is 9.13 Å². The molecule has 1 aliphatic rings. The Bertz CT molecular complexity index is 222. The predicted octanol–water partition coefficient (Wildman–Crippen LogP) is 0.0198. The minimum atomic E-state index is -0.255. The van der Waals surface area contributed by atoms with Gasteiger partial charge in [-0.15, -0.1) is 0 Å². The summed E-state index contributed by atoms with van der Waals surface area (Å²) in [4.78, 5) is 0. The van der Waals surface area contributed by atoms with Gasteiger partial charge in [-0.05, 0) is 18.3 Å². The van der Waals surface area contributed by atoms with Gasteiger partial charge in [0.1, 0.15) is 7.74 Å². The van der Waals surface area contributed by atoms with E-state index in [1.807, 2.05) is 22.8 Å². The zero-order valence-corrected chi connectivity index (χ0v) is 4.95. The van der Waals surface area contributed by atoms with E-state index in [2.05, 4.69) is 0 Å². The average molecular weight is 117 g/mol. The summed E-state index contributed by atoms with van der Waals surface area (Å²) < 4.78 is 7.02. The molecule has 2 rings (SSSR count). The molecule has 0 aromatic carbocycles. The van der Waals surface area contributed by atoms with Crippen molar-refractivity contribution in [3.63, 3.8) is 0 Å². The summed E-state index contributed by atoms with van der Waals surface area (Å²) in [5, 5.41) is 0. The Hall–Kier alpha value is -0.630. The number of fused-ring (bicyclic) bond motifs is 1. The molecule has 1 aliphatic heterocycles. The van der Waals surface area contributed by atoms with Crippen LogP contribution in [0.4, 0.5) is 0 Å². The molecule has 0 bridgehead atoms. The van der Waals surface area contributed by atoms with Crippen molar-refractivity contribution in [2.45, 2.75) is 6.61 Å². The predicted molar refractivity (Wildman–Crippen MR) is 36.1 cm³/mol. The van der Waals surface area contributed by atoms with Crippen LogP contribution >= 0.6 is 0 Å². The van der Waals surface area contributed by atoms with Crippen molar-refractivity contribution in [3.8, 4) is 0 Å². The molecular weight excluding hydrogens is 112 g/mol. The van der Waals surface area contributed by atoms with Crippen molar-refractivity contribution >= 4 is 14.7 Å². The van der Waals surface area contributed by atoms with Crippen LogP contribution in [-0.4, -0.2) is 19.2 Å². The molecule has 0 amide bonds. The van der Waals surface area contributed by atoms with Crippen LogP contribution in [0.15, 0.2) is 18.3 Å². The molecule has 42 valence electrons. The molecule has 9 heavy (non-hydrogen) atoms. The lowest BCUT2D eigenvalue weighted by Crippen LogP contribution is -2.21. The largest absolute Gasteiger partial charge is 0.418 e. The highest BCUT2D eigenvalue weighted by Gasteiger charge is 2.19. The quantitative estimate of drug-likeness (QED) is 0.436. The summed E-state index contributed by atoms with van der Waals surface area (Å²) in [5.41, 5.74) is 1.16. The lowest BCUT2D eigenvalue weighted by atomic mass is 9.58. The fraction of sp³-hybridized carbons (Fsp3) is 0.200. The molecule has 0 atom stereocenters. The van der Waals surface area contributed by atoms with Crippen LogP contribution in [0.25, 0.3) is 0 Å². The summed E-state index contributed by atoms with van der Waals surface area (Å²) >= 11 is 0. The highest BCUT2D eigenvalue weighted by molar-refractivity contribution is 6.98. The lowest BCUT2D eigenvalue weighted by molar-refractivity contribution is 0.340. The Morgan fingerprint density at radius 1 is 1.78 bits per heavy atom. The van der Waals surface area contributed by atoms with Crippen molar-refractivity contribution < 1.29 is 4.65 Å². The molecule has 1 aromatic rings. The first-order valence-electron chi connectivity index (χ1n) is 2.91. The van der Waals surface area contributed by atoms with Gasteiger partial charge in [-0.1, -0.05) is 0 Å². The first-order chi connectivity index (χ1) is 4.38. The van der Waals surface area contributed by atoms with E-state index in [0.29, 0.717) is 6.61 Å². The van der Waals surface area contributed by atoms with Crippen LogP contribution in [0.3, 0.4) is 0 Å². The monoisotopic (exact) mass is 117 g/mol. The van der Waals surface area contributed by atoms with Crippen LogP contribution in [-0.2, 0) is 11.3 Å². The molecule has 2 nitrogen and oxygen atoms in total. The van der Waals surface area contributed by atoms with E-state index in [9.17, 15) is 0 Å². The van der Waals surface area contributed by atoms with Crippen molar-refractivity contribution in [2.24, 2.45) is 0 Å². The van der Waals surface area contributed by atoms with E-state index in [4.69, 9.17) is 12.4 Å². The Morgan fingerprint density at radius 2 is 2.67 bits per heavy atom. The minimum Gasteiger partial charge on any atom is -0.418 e. The number of hydrogen-bond acceptors (Lipinski definition) is 1. The molecule has 4 heteroatoms. The van der Waals surface area contributed by atoms with Gasteiger partial charge in [0.15, 0.2) is 0 Å². The molecule has 1 aromatic heterocycles. The van der Waals surface area contributed by atoms with E-state index in [0.717, 1.165) is 5.69 Å². The summed E-state index contributed by atoms with van der Waals surface area (Å²) in [5.74, 6) is 0. The second-order valence-electron chi connectivity index (χ2n) is 2.11. The van der Waals surface area contributed by atoms with Crippen molar-refractivity contribution in [3.05, 3.63) is 24.0 Å². The third kappa shape index (κ3) is 0.630. The molecule has 0 aliphatic carbocycles. The van der Waals surface area contributed by atoms with Crippen LogP contribution in [0.2, 0.25) is 0 Å². The van der Waals surface area contributed by atoms with Gasteiger partial charge in [0.05, 0.1) is 6.61 Å². The summed E-state index contributed by atoms with van der Waals surface area (Å²) in [6.07, 6.45) is 1.92. The summed E-state index contributed by atoms with van der Waals surface area (Å²) in [7, 11) is 5.53. The third-order valence-electron chi connectivity index (χ3n) is 1.54. The highest BCUT2D eigenvalue weighted by atomic mass is 16.4. The second-order valence-corrected chi connectivity index (χ2v) is 2.11. The lowest BCUT2D eigenvalue weighted by Gasteiger charge is -1.98. The van der Waals surface area contributed by atoms with Crippen molar-refractivity contribution in [1.82, 2.24) is 4.48 Å². The Balaban J connectivity index is 2.49. The topological polar surface area (TPSA) is 14.2 Å². The molecule has 0 saturated carbocycles. The van der Waals surface area contributed by atoms with Gasteiger partial charge in [0.25, 0.3) is 0 Å². The van der Waals surface area contributed by atoms with Gasteiger partial charge in [-0.3, -0.25) is 0 Å². The first kappa shape index (κ1) is 5.18. The van der Waals surface area contributed by atoms with E-state index < -0.39 is 0 Å². The van der Waals surface area contributed by atoms with Gasteiger partial charge in [-0.25, -0.2) is 0 Å². The number of hydrogen-bond donors (Lipinski definition) is 0. The summed E-state index contributed by atoms with van der Waals surface area (Å²) in [6, 6.07) is 3.98. The maximum absolute atomic E-state index is 5.53. The maximum Gasteiger partial charge on any atom is 0.352 e. The van der Waals surface area contributed by atoms with Crippen LogP contribution < -0.4 is 0 Å². The van der Waals surface area contributed by atoms with Gasteiger partial charge in [-0.2, -0.15) is 0 Å². The van der Waals surface area contributed by atoms with E-state index in [1.54, 1.807) is 0 Å². The third-order valence-corrected chi connectivity index (χ3v) is 1.54. The SMILES string of the molecule is [B]B1OCc2cccn21. The Kier molecular flexibility index (Phi) is 0.962. The zero-order chi connectivity index (χ0) is 6.27. The Labute approximate surface area is 55.3 Å². The molecule has 0 spiro atoms. The molecule has 0 N–H and O–H groups in total. The van der Waals surface area contributed by atoms with Gasteiger partial charge in [0, 0.05) is 5.69 Å². The molecule has 2 heterocycles. The highest BCUT2D eigenvalue weighted by Crippen LogP contribution is 2.11.